The maximum Gasteiger partial charge on any atom is 0.337 e. The molecule has 0 saturated heterocycles. The molecule has 0 aliphatic carbocycles. The van der Waals surface area contributed by atoms with Crippen LogP contribution in [0.25, 0.3) is 0 Å². The second kappa shape index (κ2) is 12.5. The number of methoxy groups -OCH3 is 1. The Hall–Kier alpha value is -3.88. The molecule has 8 nitrogen and oxygen atoms in total. The Labute approximate surface area is 211 Å². The van der Waals surface area contributed by atoms with Crippen LogP contribution in [-0.2, 0) is 16.1 Å². The molecule has 2 amide bonds. The van der Waals surface area contributed by atoms with E-state index < -0.39 is 17.8 Å². The molecule has 0 fully saturated rings. The number of amides is 2. The summed E-state index contributed by atoms with van der Waals surface area (Å²) in [6.07, 6.45) is 1.44. The summed E-state index contributed by atoms with van der Waals surface area (Å²) in [5.74, 6) is -0.842. The minimum Gasteiger partial charge on any atom is -0.488 e. The van der Waals surface area contributed by atoms with E-state index in [9.17, 15) is 14.4 Å². The van der Waals surface area contributed by atoms with Crippen LogP contribution in [-0.4, -0.2) is 37.7 Å². The Balaban J connectivity index is 1.51. The number of carbonyl (C=O) groups is 3. The van der Waals surface area contributed by atoms with Gasteiger partial charge in [0.15, 0.2) is 0 Å². The van der Waals surface area contributed by atoms with Crippen LogP contribution in [0.3, 0.4) is 0 Å². The van der Waals surface area contributed by atoms with E-state index in [1.165, 1.54) is 31.5 Å². The molecular weight excluding hydrogens is 493 g/mol. The lowest BCUT2D eigenvalue weighted by molar-refractivity contribution is -0.120. The van der Waals surface area contributed by atoms with Crippen molar-refractivity contribution in [1.29, 1.82) is 0 Å². The third kappa shape index (κ3) is 7.56. The van der Waals surface area contributed by atoms with Crippen molar-refractivity contribution >= 4 is 47.2 Å². The van der Waals surface area contributed by atoms with Crippen LogP contribution in [0.5, 0.6) is 5.75 Å². The first kappa shape index (κ1) is 25.7. The van der Waals surface area contributed by atoms with E-state index in [4.69, 9.17) is 27.9 Å². The molecule has 0 heterocycles. The molecule has 0 radical (unpaired) electrons. The van der Waals surface area contributed by atoms with Gasteiger partial charge in [0.25, 0.3) is 11.8 Å². The highest BCUT2D eigenvalue weighted by atomic mass is 35.5. The third-order valence-corrected chi connectivity index (χ3v) is 5.41. The molecule has 3 rings (SSSR count). The lowest BCUT2D eigenvalue weighted by Crippen LogP contribution is -2.34. The molecule has 0 unspecified atom stereocenters. The smallest absolute Gasteiger partial charge is 0.337 e. The van der Waals surface area contributed by atoms with Crippen LogP contribution < -0.4 is 15.5 Å². The Morgan fingerprint density at radius 1 is 0.943 bits per heavy atom. The first-order valence-corrected chi connectivity index (χ1v) is 11.1. The summed E-state index contributed by atoms with van der Waals surface area (Å²) in [6, 6.07) is 18.4. The topological polar surface area (TPSA) is 106 Å². The lowest BCUT2D eigenvalue weighted by atomic mass is 10.1. The molecule has 0 aliphatic heterocycles. The van der Waals surface area contributed by atoms with Gasteiger partial charge < -0.3 is 14.8 Å². The van der Waals surface area contributed by atoms with Gasteiger partial charge in [0.1, 0.15) is 12.4 Å². The summed E-state index contributed by atoms with van der Waals surface area (Å²) in [5.41, 5.74) is 4.58. The Morgan fingerprint density at radius 2 is 1.66 bits per heavy atom. The number of nitrogens with one attached hydrogen (secondary N) is 2. The number of halogens is 2. The number of hydrogen-bond donors (Lipinski definition) is 2. The zero-order chi connectivity index (χ0) is 25.2. The number of hydrogen-bond acceptors (Lipinski definition) is 6. The quantitative estimate of drug-likeness (QED) is 0.253. The van der Waals surface area contributed by atoms with E-state index in [2.05, 4.69) is 20.6 Å². The number of ether oxygens (including phenoxy) is 2. The van der Waals surface area contributed by atoms with Gasteiger partial charge in [-0.15, -0.1) is 0 Å². The highest BCUT2D eigenvalue weighted by molar-refractivity contribution is 6.42. The molecule has 35 heavy (non-hydrogen) atoms. The molecule has 0 spiro atoms. The molecule has 3 aromatic carbocycles. The molecule has 3 aromatic rings. The summed E-state index contributed by atoms with van der Waals surface area (Å²) < 4.78 is 10.5. The minimum atomic E-state index is -0.515. The summed E-state index contributed by atoms with van der Waals surface area (Å²) >= 11 is 11.7. The number of esters is 1. The summed E-state index contributed by atoms with van der Waals surface area (Å²) in [5, 5.41) is 6.98. The van der Waals surface area contributed by atoms with E-state index in [0.717, 1.165) is 5.56 Å². The largest absolute Gasteiger partial charge is 0.488 e. The van der Waals surface area contributed by atoms with Gasteiger partial charge in [-0.2, -0.15) is 5.10 Å². The molecule has 180 valence electrons. The first-order valence-electron chi connectivity index (χ1n) is 10.3. The zero-order valence-electron chi connectivity index (χ0n) is 18.6. The molecular formula is C25H21Cl2N3O5. The van der Waals surface area contributed by atoms with Crippen LogP contribution >= 0.6 is 23.2 Å². The average molecular weight is 514 g/mol. The fourth-order valence-corrected chi connectivity index (χ4v) is 3.15. The number of rotatable bonds is 9. The normalized spacial score (nSPS) is 10.6. The summed E-state index contributed by atoms with van der Waals surface area (Å²) in [7, 11) is 1.33. The number of para-hydroxylation sites is 1. The summed E-state index contributed by atoms with van der Waals surface area (Å²) in [6.45, 7) is -0.0183. The maximum atomic E-state index is 12.1. The Morgan fingerprint density at radius 3 is 2.37 bits per heavy atom. The second-order valence-electron chi connectivity index (χ2n) is 7.12. The minimum absolute atomic E-state index is 0.243. The molecule has 0 bridgehead atoms. The average Bonchev–Trinajstić information content (AvgIpc) is 2.88. The van der Waals surface area contributed by atoms with Crippen LogP contribution in [0.15, 0.2) is 71.8 Å². The van der Waals surface area contributed by atoms with Crippen LogP contribution in [0.4, 0.5) is 0 Å². The zero-order valence-corrected chi connectivity index (χ0v) is 20.1. The number of carbonyl (C=O) groups excluding carboxylic acids is 3. The van der Waals surface area contributed by atoms with Crippen LogP contribution in [0.2, 0.25) is 10.0 Å². The van der Waals surface area contributed by atoms with Gasteiger partial charge in [0.05, 0.1) is 35.5 Å². The van der Waals surface area contributed by atoms with Crippen LogP contribution in [0, 0.1) is 0 Å². The molecule has 2 N–H and O–H groups in total. The van der Waals surface area contributed by atoms with E-state index in [0.29, 0.717) is 21.9 Å². The van der Waals surface area contributed by atoms with E-state index in [1.54, 1.807) is 42.5 Å². The number of nitrogens with zero attached hydrogens (tertiary/aromatic N) is 1. The van der Waals surface area contributed by atoms with Crippen molar-refractivity contribution in [2.24, 2.45) is 5.10 Å². The van der Waals surface area contributed by atoms with Gasteiger partial charge >= 0.3 is 5.97 Å². The third-order valence-electron chi connectivity index (χ3n) is 4.67. The second-order valence-corrected chi connectivity index (χ2v) is 7.93. The molecule has 0 saturated carbocycles. The highest BCUT2D eigenvalue weighted by Gasteiger charge is 2.10. The van der Waals surface area contributed by atoms with Crippen molar-refractivity contribution in [2.75, 3.05) is 13.7 Å². The SMILES string of the molecule is COC(=O)c1ccc(COc2ccccc2/C=N/NC(=O)CNC(=O)c2ccc(Cl)c(Cl)c2)cc1. The van der Waals surface area contributed by atoms with E-state index in [-0.39, 0.29) is 23.7 Å². The van der Waals surface area contributed by atoms with E-state index >= 15 is 0 Å². The van der Waals surface area contributed by atoms with Crippen molar-refractivity contribution in [3.63, 3.8) is 0 Å². The highest BCUT2D eigenvalue weighted by Crippen LogP contribution is 2.22. The van der Waals surface area contributed by atoms with Crippen molar-refractivity contribution in [3.8, 4) is 5.75 Å². The fraction of sp³-hybridized carbons (Fsp3) is 0.120. The van der Waals surface area contributed by atoms with Gasteiger partial charge in [-0.3, -0.25) is 9.59 Å². The van der Waals surface area contributed by atoms with Crippen LogP contribution in [0.1, 0.15) is 31.8 Å². The molecule has 0 aliphatic rings. The van der Waals surface area contributed by atoms with Gasteiger partial charge in [-0.05, 0) is 48.0 Å². The molecule has 0 aromatic heterocycles. The number of benzene rings is 3. The van der Waals surface area contributed by atoms with Crippen molar-refractivity contribution in [1.82, 2.24) is 10.7 Å². The monoisotopic (exact) mass is 513 g/mol. The fourth-order valence-electron chi connectivity index (χ4n) is 2.85. The summed E-state index contributed by atoms with van der Waals surface area (Å²) in [4.78, 5) is 35.7. The Kier molecular flexibility index (Phi) is 9.23. The predicted molar refractivity (Wildman–Crippen MR) is 133 cm³/mol. The van der Waals surface area contributed by atoms with Crippen molar-refractivity contribution < 1.29 is 23.9 Å². The Bertz CT molecular complexity index is 1250. The van der Waals surface area contributed by atoms with Gasteiger partial charge in [0, 0.05) is 11.1 Å². The number of hydrazone groups is 1. The first-order chi connectivity index (χ1) is 16.9. The van der Waals surface area contributed by atoms with Crippen molar-refractivity contribution in [3.05, 3.63) is 99.0 Å². The van der Waals surface area contributed by atoms with Crippen molar-refractivity contribution in [2.45, 2.75) is 6.61 Å². The molecule has 0 atom stereocenters. The van der Waals surface area contributed by atoms with Gasteiger partial charge in [0.2, 0.25) is 0 Å². The predicted octanol–water partition coefficient (Wildman–Crippen LogP) is 4.24. The molecule has 10 heteroatoms. The van der Waals surface area contributed by atoms with Gasteiger partial charge in [-0.1, -0.05) is 47.5 Å². The standard InChI is InChI=1S/C25H21Cl2N3O5/c1-34-25(33)17-8-6-16(7-9-17)15-35-22-5-3-2-4-19(22)13-29-30-23(31)14-28-24(32)18-10-11-20(26)21(27)12-18/h2-13H,14-15H2,1H3,(H,28,32)(H,30,31)/b29-13+. The van der Waals surface area contributed by atoms with Gasteiger partial charge in [-0.25, -0.2) is 10.2 Å². The lowest BCUT2D eigenvalue weighted by Gasteiger charge is -2.09. The maximum absolute atomic E-state index is 12.1. The van der Waals surface area contributed by atoms with E-state index in [1.807, 2.05) is 6.07 Å².